The van der Waals surface area contributed by atoms with Crippen molar-refractivity contribution in [1.82, 2.24) is 4.98 Å². The van der Waals surface area contributed by atoms with E-state index in [2.05, 4.69) is 4.98 Å². The molecule has 0 amide bonds. The Morgan fingerprint density at radius 2 is 2.00 bits per heavy atom. The van der Waals surface area contributed by atoms with Gasteiger partial charge in [-0.15, -0.1) is 0 Å². The summed E-state index contributed by atoms with van der Waals surface area (Å²) in [6.45, 7) is 3.17. The highest BCUT2D eigenvalue weighted by Gasteiger charge is 2.13. The molecule has 0 saturated heterocycles. The first-order valence-corrected chi connectivity index (χ1v) is 6.56. The Balaban J connectivity index is 2.38. The number of ether oxygens (including phenoxy) is 1. The van der Waals surface area contributed by atoms with Crippen LogP contribution in [-0.4, -0.2) is 22.2 Å². The summed E-state index contributed by atoms with van der Waals surface area (Å²) in [7, 11) is 0. The number of hydrogen-bond acceptors (Lipinski definition) is 4. The molecule has 112 valence electrons. The van der Waals surface area contributed by atoms with E-state index in [0.29, 0.717) is 22.6 Å². The van der Waals surface area contributed by atoms with Crippen LogP contribution in [0.25, 0.3) is 11.1 Å². The summed E-state index contributed by atoms with van der Waals surface area (Å²) in [4.78, 5) is 25.1. The van der Waals surface area contributed by atoms with Gasteiger partial charge < -0.3 is 14.8 Å². The first-order chi connectivity index (χ1) is 10.4. The van der Waals surface area contributed by atoms with Crippen LogP contribution >= 0.6 is 0 Å². The Morgan fingerprint density at radius 3 is 2.55 bits per heavy atom. The number of benzene rings is 1. The van der Waals surface area contributed by atoms with Gasteiger partial charge in [0.05, 0.1) is 0 Å². The van der Waals surface area contributed by atoms with Crippen LogP contribution in [0.1, 0.15) is 18.2 Å². The summed E-state index contributed by atoms with van der Waals surface area (Å²) in [6.07, 6.45) is -0.956. The molecule has 1 atom stereocenters. The Morgan fingerprint density at radius 1 is 1.36 bits per heavy atom. The Kier molecular flexibility index (Phi) is 4.28. The summed E-state index contributed by atoms with van der Waals surface area (Å²) in [5.41, 5.74) is 1.47. The number of nitriles is 1. The largest absolute Gasteiger partial charge is 0.479 e. The molecule has 2 aromatic rings. The molecular formula is C16H14N2O4. The lowest BCUT2D eigenvalue weighted by atomic mass is 10.0. The number of hydrogen-bond donors (Lipinski definition) is 2. The normalized spacial score (nSPS) is 11.5. The summed E-state index contributed by atoms with van der Waals surface area (Å²) in [5.74, 6) is -0.653. The van der Waals surface area contributed by atoms with Gasteiger partial charge in [-0.1, -0.05) is 12.1 Å². The van der Waals surface area contributed by atoms with E-state index >= 15 is 0 Å². The van der Waals surface area contributed by atoms with Gasteiger partial charge >= 0.3 is 5.97 Å². The number of aliphatic carboxylic acids is 1. The van der Waals surface area contributed by atoms with Gasteiger partial charge in [0.2, 0.25) is 0 Å². The topological polar surface area (TPSA) is 103 Å². The van der Waals surface area contributed by atoms with Crippen molar-refractivity contribution in [1.29, 1.82) is 5.26 Å². The number of aryl methyl sites for hydroxylation is 1. The molecule has 2 rings (SSSR count). The zero-order valence-electron chi connectivity index (χ0n) is 12.1. The Bertz CT molecular complexity index is 800. The number of carboxylic acid groups (broad SMARTS) is 1. The van der Waals surface area contributed by atoms with Gasteiger partial charge in [0.1, 0.15) is 17.4 Å². The second-order valence-electron chi connectivity index (χ2n) is 4.80. The van der Waals surface area contributed by atoms with Crippen molar-refractivity contribution in [2.24, 2.45) is 0 Å². The zero-order valence-corrected chi connectivity index (χ0v) is 12.1. The molecule has 0 saturated carbocycles. The minimum atomic E-state index is -1.05. The molecule has 0 radical (unpaired) electrons. The summed E-state index contributed by atoms with van der Waals surface area (Å²) in [6, 6.07) is 10.2. The van der Waals surface area contributed by atoms with Gasteiger partial charge in [-0.25, -0.2) is 4.79 Å². The van der Waals surface area contributed by atoms with Crippen LogP contribution in [0.4, 0.5) is 0 Å². The number of aromatic amines is 1. The first kappa shape index (κ1) is 15.3. The van der Waals surface area contributed by atoms with E-state index in [1.165, 1.54) is 6.92 Å². The molecule has 0 spiro atoms. The van der Waals surface area contributed by atoms with Gasteiger partial charge in [-0.2, -0.15) is 5.26 Å². The second-order valence-corrected chi connectivity index (χ2v) is 4.80. The van der Waals surface area contributed by atoms with Crippen LogP contribution in [0.5, 0.6) is 5.75 Å². The van der Waals surface area contributed by atoms with Crippen LogP contribution in [0.3, 0.4) is 0 Å². The average Bonchev–Trinajstić information content (AvgIpc) is 2.47. The van der Waals surface area contributed by atoms with Gasteiger partial charge in [0, 0.05) is 11.3 Å². The van der Waals surface area contributed by atoms with E-state index in [0.717, 1.165) is 0 Å². The lowest BCUT2D eigenvalue weighted by Gasteiger charge is -2.11. The predicted molar refractivity (Wildman–Crippen MR) is 79.7 cm³/mol. The highest BCUT2D eigenvalue weighted by Crippen LogP contribution is 2.24. The molecule has 6 heteroatoms. The minimum Gasteiger partial charge on any atom is -0.479 e. The fourth-order valence-electron chi connectivity index (χ4n) is 1.99. The molecule has 6 nitrogen and oxygen atoms in total. The van der Waals surface area contributed by atoms with Crippen molar-refractivity contribution in [3.8, 4) is 22.9 Å². The predicted octanol–water partition coefficient (Wildman–Crippen LogP) is 2.07. The van der Waals surface area contributed by atoms with E-state index in [9.17, 15) is 9.59 Å². The van der Waals surface area contributed by atoms with E-state index in [-0.39, 0.29) is 5.56 Å². The van der Waals surface area contributed by atoms with E-state index in [1.54, 1.807) is 37.3 Å². The maximum absolute atomic E-state index is 11.8. The number of H-pyrrole nitrogens is 1. The smallest absolute Gasteiger partial charge is 0.344 e. The fraction of sp³-hybridized carbons (Fsp3) is 0.188. The first-order valence-electron chi connectivity index (χ1n) is 6.56. The molecule has 1 aromatic heterocycles. The molecule has 0 bridgehead atoms. The Hall–Kier alpha value is -3.07. The quantitative estimate of drug-likeness (QED) is 0.899. The monoisotopic (exact) mass is 298 g/mol. The third-order valence-electron chi connectivity index (χ3n) is 3.11. The summed E-state index contributed by atoms with van der Waals surface area (Å²) in [5, 5.41) is 17.9. The number of carbonyl (C=O) groups is 1. The standard InChI is InChI=1S/C16H14N2O4/c1-9-7-13(14(8-17)15(19)18-9)11-3-5-12(6-4-11)22-10(2)16(20)21/h3-7,10H,1-2H3,(H,18,19)(H,20,21). The number of aromatic nitrogens is 1. The number of rotatable bonds is 4. The number of nitrogens with zero attached hydrogens (tertiary/aromatic N) is 1. The Labute approximate surface area is 126 Å². The minimum absolute atomic E-state index is 0.0400. The molecule has 2 N–H and O–H groups in total. The molecule has 0 aliphatic rings. The lowest BCUT2D eigenvalue weighted by molar-refractivity contribution is -0.144. The molecule has 1 aromatic carbocycles. The molecular weight excluding hydrogens is 284 g/mol. The summed E-state index contributed by atoms with van der Waals surface area (Å²) >= 11 is 0. The highest BCUT2D eigenvalue weighted by atomic mass is 16.5. The van der Waals surface area contributed by atoms with Crippen molar-refractivity contribution in [3.63, 3.8) is 0 Å². The number of nitrogens with one attached hydrogen (secondary N) is 1. The summed E-state index contributed by atoms with van der Waals surface area (Å²) < 4.78 is 5.24. The van der Waals surface area contributed by atoms with Gasteiger partial charge in [0.25, 0.3) is 5.56 Å². The van der Waals surface area contributed by atoms with Gasteiger partial charge in [0.15, 0.2) is 6.10 Å². The van der Waals surface area contributed by atoms with Crippen molar-refractivity contribution < 1.29 is 14.6 Å². The van der Waals surface area contributed by atoms with Crippen molar-refractivity contribution in [2.45, 2.75) is 20.0 Å². The third kappa shape index (κ3) is 3.15. The molecule has 0 aliphatic carbocycles. The fourth-order valence-corrected chi connectivity index (χ4v) is 1.99. The molecule has 1 unspecified atom stereocenters. The molecule has 0 fully saturated rings. The lowest BCUT2D eigenvalue weighted by Crippen LogP contribution is -2.22. The third-order valence-corrected chi connectivity index (χ3v) is 3.11. The number of pyridine rings is 1. The van der Waals surface area contributed by atoms with Crippen molar-refractivity contribution in [2.75, 3.05) is 0 Å². The van der Waals surface area contributed by atoms with Crippen molar-refractivity contribution >= 4 is 5.97 Å². The molecule has 1 heterocycles. The van der Waals surface area contributed by atoms with Crippen LogP contribution in [-0.2, 0) is 4.79 Å². The molecule has 0 aliphatic heterocycles. The van der Waals surface area contributed by atoms with Gasteiger partial charge in [-0.05, 0) is 37.6 Å². The zero-order chi connectivity index (χ0) is 16.3. The van der Waals surface area contributed by atoms with Crippen LogP contribution in [0.2, 0.25) is 0 Å². The van der Waals surface area contributed by atoms with E-state index in [4.69, 9.17) is 15.1 Å². The van der Waals surface area contributed by atoms with Gasteiger partial charge in [-0.3, -0.25) is 4.79 Å². The average molecular weight is 298 g/mol. The maximum Gasteiger partial charge on any atom is 0.344 e. The van der Waals surface area contributed by atoms with E-state index < -0.39 is 17.6 Å². The SMILES string of the molecule is Cc1cc(-c2ccc(OC(C)C(=O)O)cc2)c(C#N)c(=O)[nH]1. The van der Waals surface area contributed by atoms with Crippen LogP contribution in [0.15, 0.2) is 35.1 Å². The van der Waals surface area contributed by atoms with Crippen LogP contribution in [0, 0.1) is 18.3 Å². The van der Waals surface area contributed by atoms with E-state index in [1.807, 2.05) is 6.07 Å². The number of carboxylic acids is 1. The van der Waals surface area contributed by atoms with Crippen LogP contribution < -0.4 is 10.3 Å². The second kappa shape index (κ2) is 6.14. The van der Waals surface area contributed by atoms with Crippen molar-refractivity contribution in [3.05, 3.63) is 51.9 Å². The maximum atomic E-state index is 11.8. The highest BCUT2D eigenvalue weighted by molar-refractivity contribution is 5.73. The molecule has 22 heavy (non-hydrogen) atoms.